The molecule has 2 aromatic heterocycles. The van der Waals surface area contributed by atoms with Gasteiger partial charge in [-0.2, -0.15) is 11.8 Å². The Kier molecular flexibility index (Phi) is 2.50. The first-order chi connectivity index (χ1) is 7.45. The highest BCUT2D eigenvalue weighted by Crippen LogP contribution is 2.32. The molecule has 1 unspecified atom stereocenters. The summed E-state index contributed by atoms with van der Waals surface area (Å²) in [6.07, 6.45) is 7.13. The Hall–Kier alpha value is -0.810. The minimum atomic E-state index is 0.620. The Morgan fingerprint density at radius 2 is 2.47 bits per heavy atom. The molecule has 1 saturated heterocycles. The predicted octanol–water partition coefficient (Wildman–Crippen LogP) is 2.68. The van der Waals surface area contributed by atoms with E-state index < -0.39 is 0 Å². The first-order valence-corrected chi connectivity index (χ1v) is 6.98. The molecule has 0 spiro atoms. The Balaban J connectivity index is 1.98. The van der Waals surface area contributed by atoms with Crippen molar-refractivity contribution in [1.82, 2.24) is 14.5 Å². The molecule has 3 rings (SSSR count). The lowest BCUT2D eigenvalue weighted by atomic mass is 10.2. The summed E-state index contributed by atoms with van der Waals surface area (Å²) < 4.78 is 2.30. The first kappa shape index (κ1) is 9.42. The van der Waals surface area contributed by atoms with E-state index in [1.165, 1.54) is 17.9 Å². The summed E-state index contributed by atoms with van der Waals surface area (Å²) >= 11 is 3.68. The molecule has 1 aliphatic heterocycles. The van der Waals surface area contributed by atoms with Crippen molar-refractivity contribution < 1.29 is 0 Å². The fourth-order valence-corrected chi connectivity index (χ4v) is 3.69. The Morgan fingerprint density at radius 3 is 3.20 bits per heavy atom. The maximum absolute atomic E-state index is 4.43. The second kappa shape index (κ2) is 3.98. The largest absolute Gasteiger partial charge is 0.326 e. The fraction of sp³-hybridized carbons (Fsp3) is 0.400. The number of hydrogen-bond donors (Lipinski definition) is 0. The van der Waals surface area contributed by atoms with E-state index in [1.54, 1.807) is 11.3 Å². The number of hydrogen-bond acceptors (Lipinski definition) is 4. The molecule has 0 aliphatic carbocycles. The van der Waals surface area contributed by atoms with Gasteiger partial charge in [0.15, 0.2) is 5.82 Å². The van der Waals surface area contributed by atoms with Gasteiger partial charge in [0.05, 0.1) is 10.4 Å². The zero-order valence-corrected chi connectivity index (χ0v) is 9.80. The van der Waals surface area contributed by atoms with E-state index in [2.05, 4.69) is 20.7 Å². The minimum Gasteiger partial charge on any atom is -0.326 e. The van der Waals surface area contributed by atoms with Crippen LogP contribution in [-0.2, 0) is 0 Å². The number of nitrogens with zero attached hydrogens (tertiary/aromatic N) is 3. The molecule has 2 aromatic rings. The lowest BCUT2D eigenvalue weighted by molar-refractivity contribution is 0.566. The summed E-state index contributed by atoms with van der Waals surface area (Å²) in [4.78, 5) is 9.70. The highest BCUT2D eigenvalue weighted by Gasteiger charge is 2.20. The summed E-state index contributed by atoms with van der Waals surface area (Å²) in [5.74, 6) is 3.55. The van der Waals surface area contributed by atoms with Gasteiger partial charge in [-0.15, -0.1) is 11.3 Å². The summed E-state index contributed by atoms with van der Waals surface area (Å²) in [5, 5.41) is 0. The number of rotatable bonds is 2. The Morgan fingerprint density at radius 1 is 1.47 bits per heavy atom. The maximum atomic E-state index is 4.43. The van der Waals surface area contributed by atoms with E-state index in [9.17, 15) is 0 Å². The lowest BCUT2D eigenvalue weighted by Crippen LogP contribution is -2.07. The van der Waals surface area contributed by atoms with Crippen LogP contribution in [0.3, 0.4) is 0 Å². The molecule has 3 heterocycles. The second-order valence-corrected chi connectivity index (χ2v) is 5.58. The molecule has 1 aliphatic rings. The highest BCUT2D eigenvalue weighted by molar-refractivity contribution is 7.99. The smallest absolute Gasteiger partial charge is 0.151 e. The molecular weight excluding hydrogens is 226 g/mol. The zero-order chi connectivity index (χ0) is 10.1. The highest BCUT2D eigenvalue weighted by atomic mass is 32.2. The van der Waals surface area contributed by atoms with Gasteiger partial charge in [-0.3, -0.25) is 4.98 Å². The fourth-order valence-electron chi connectivity index (χ4n) is 1.87. The van der Waals surface area contributed by atoms with E-state index in [0.29, 0.717) is 6.04 Å². The van der Waals surface area contributed by atoms with Crippen molar-refractivity contribution in [2.24, 2.45) is 0 Å². The van der Waals surface area contributed by atoms with Gasteiger partial charge in [0.2, 0.25) is 0 Å². The van der Waals surface area contributed by atoms with Crippen molar-refractivity contribution in [2.75, 3.05) is 11.5 Å². The van der Waals surface area contributed by atoms with Gasteiger partial charge in [-0.1, -0.05) is 0 Å². The molecule has 0 N–H and O–H groups in total. The van der Waals surface area contributed by atoms with Gasteiger partial charge in [0.1, 0.15) is 0 Å². The number of aromatic nitrogens is 3. The third-order valence-electron chi connectivity index (χ3n) is 2.62. The van der Waals surface area contributed by atoms with E-state index in [4.69, 9.17) is 0 Å². The normalized spacial score (nSPS) is 20.9. The van der Waals surface area contributed by atoms with Gasteiger partial charge in [0, 0.05) is 30.4 Å². The van der Waals surface area contributed by atoms with Crippen molar-refractivity contribution in [1.29, 1.82) is 0 Å². The topological polar surface area (TPSA) is 30.7 Å². The predicted molar refractivity (Wildman–Crippen MR) is 64.3 cm³/mol. The summed E-state index contributed by atoms with van der Waals surface area (Å²) in [7, 11) is 0. The average molecular weight is 237 g/mol. The molecular formula is C10H11N3S2. The molecule has 0 aromatic carbocycles. The molecule has 78 valence electrons. The molecule has 5 heteroatoms. The molecule has 0 amide bonds. The van der Waals surface area contributed by atoms with Gasteiger partial charge >= 0.3 is 0 Å². The van der Waals surface area contributed by atoms with Crippen LogP contribution in [-0.4, -0.2) is 26.0 Å². The van der Waals surface area contributed by atoms with Gasteiger partial charge in [-0.25, -0.2) is 4.98 Å². The molecule has 3 nitrogen and oxygen atoms in total. The van der Waals surface area contributed by atoms with Crippen LogP contribution in [0.1, 0.15) is 12.5 Å². The van der Waals surface area contributed by atoms with Crippen LogP contribution >= 0.6 is 23.1 Å². The zero-order valence-electron chi connectivity index (χ0n) is 8.17. The van der Waals surface area contributed by atoms with Crippen LogP contribution in [0.2, 0.25) is 0 Å². The van der Waals surface area contributed by atoms with Crippen molar-refractivity contribution in [3.05, 3.63) is 24.1 Å². The van der Waals surface area contributed by atoms with E-state index in [-0.39, 0.29) is 0 Å². The molecule has 0 bridgehead atoms. The Labute approximate surface area is 96.6 Å². The van der Waals surface area contributed by atoms with Crippen molar-refractivity contribution in [2.45, 2.75) is 12.5 Å². The number of imidazole rings is 1. The van der Waals surface area contributed by atoms with E-state index in [1.807, 2.05) is 29.7 Å². The summed E-state index contributed by atoms with van der Waals surface area (Å²) in [5.41, 5.74) is 1.86. The van der Waals surface area contributed by atoms with Crippen LogP contribution in [0.4, 0.5) is 0 Å². The molecule has 0 radical (unpaired) electrons. The molecule has 1 fully saturated rings. The van der Waals surface area contributed by atoms with Crippen molar-refractivity contribution in [3.8, 4) is 10.7 Å². The van der Waals surface area contributed by atoms with E-state index >= 15 is 0 Å². The Bertz CT molecular complexity index is 429. The SMILES string of the molecule is c1cn(C2CCSC2)c(-c2cncs2)n1. The lowest BCUT2D eigenvalue weighted by Gasteiger charge is -2.12. The quantitative estimate of drug-likeness (QED) is 0.804. The third-order valence-corrected chi connectivity index (χ3v) is 4.53. The van der Waals surface area contributed by atoms with Gasteiger partial charge in [0.25, 0.3) is 0 Å². The minimum absolute atomic E-state index is 0.620. The van der Waals surface area contributed by atoms with Crippen molar-refractivity contribution >= 4 is 23.1 Å². The molecule has 0 saturated carbocycles. The van der Waals surface area contributed by atoms with Crippen LogP contribution in [0.25, 0.3) is 10.7 Å². The van der Waals surface area contributed by atoms with Gasteiger partial charge < -0.3 is 4.57 Å². The second-order valence-electron chi connectivity index (χ2n) is 3.54. The summed E-state index contributed by atoms with van der Waals surface area (Å²) in [6, 6.07) is 0.620. The standard InChI is InChI=1S/C10H11N3S2/c1-4-14-6-8(1)13-3-2-12-10(13)9-5-11-7-15-9/h2-3,5,7-8H,1,4,6H2. The monoisotopic (exact) mass is 237 g/mol. The molecule has 1 atom stereocenters. The summed E-state index contributed by atoms with van der Waals surface area (Å²) in [6.45, 7) is 0. The third kappa shape index (κ3) is 1.70. The van der Waals surface area contributed by atoms with Crippen LogP contribution < -0.4 is 0 Å². The number of thiazole rings is 1. The average Bonchev–Trinajstić information content (AvgIpc) is 3.01. The molecule has 15 heavy (non-hydrogen) atoms. The first-order valence-electron chi connectivity index (χ1n) is 4.94. The van der Waals surface area contributed by atoms with E-state index in [0.717, 1.165) is 10.7 Å². The van der Waals surface area contributed by atoms with Gasteiger partial charge in [-0.05, 0) is 12.2 Å². The van der Waals surface area contributed by atoms with Crippen molar-refractivity contribution in [3.63, 3.8) is 0 Å². The van der Waals surface area contributed by atoms with Crippen LogP contribution in [0, 0.1) is 0 Å². The number of thioether (sulfide) groups is 1. The maximum Gasteiger partial charge on any atom is 0.151 e. The van der Waals surface area contributed by atoms with Crippen LogP contribution in [0.5, 0.6) is 0 Å². The van der Waals surface area contributed by atoms with Crippen LogP contribution in [0.15, 0.2) is 24.1 Å².